The summed E-state index contributed by atoms with van der Waals surface area (Å²) in [5, 5.41) is 3.27. The number of hydrogen-bond donors (Lipinski definition) is 1. The van der Waals surface area contributed by atoms with Gasteiger partial charge in [0.2, 0.25) is 0 Å². The smallest absolute Gasteiger partial charge is 0.272 e. The Kier molecular flexibility index (Phi) is 5.28. The van der Waals surface area contributed by atoms with Gasteiger partial charge in [-0.2, -0.15) is 0 Å². The molecule has 0 atom stereocenters. The third kappa shape index (κ3) is 4.33. The molecule has 132 valence electrons. The fourth-order valence-corrected chi connectivity index (χ4v) is 3.01. The van der Waals surface area contributed by atoms with E-state index in [1.165, 1.54) is 11.1 Å². The van der Waals surface area contributed by atoms with E-state index in [9.17, 15) is 4.79 Å². The first kappa shape index (κ1) is 17.4. The van der Waals surface area contributed by atoms with Gasteiger partial charge in [-0.15, -0.1) is 0 Å². The van der Waals surface area contributed by atoms with E-state index in [1.54, 1.807) is 6.07 Å². The molecule has 6 nitrogen and oxygen atoms in total. The van der Waals surface area contributed by atoms with Crippen LogP contribution in [0.25, 0.3) is 0 Å². The van der Waals surface area contributed by atoms with Crippen molar-refractivity contribution in [2.24, 2.45) is 0 Å². The molecule has 1 aliphatic heterocycles. The number of likely N-dealkylation sites (N-methyl/N-ethyl adjacent to an activating group) is 1. The number of rotatable bonds is 5. The van der Waals surface area contributed by atoms with Crippen molar-refractivity contribution < 1.29 is 4.79 Å². The van der Waals surface area contributed by atoms with Crippen molar-refractivity contribution >= 4 is 11.7 Å². The van der Waals surface area contributed by atoms with Gasteiger partial charge in [0.15, 0.2) is 0 Å². The average Bonchev–Trinajstić information content (AvgIpc) is 2.60. The topological polar surface area (TPSA) is 61.4 Å². The van der Waals surface area contributed by atoms with Gasteiger partial charge >= 0.3 is 0 Å². The third-order valence-electron chi connectivity index (χ3n) is 4.34. The molecule has 0 unspecified atom stereocenters. The molecular weight excluding hydrogens is 314 g/mol. The van der Waals surface area contributed by atoms with Crippen molar-refractivity contribution in [1.29, 1.82) is 0 Å². The zero-order valence-corrected chi connectivity index (χ0v) is 15.1. The van der Waals surface area contributed by atoms with E-state index in [0.29, 0.717) is 23.9 Å². The summed E-state index contributed by atoms with van der Waals surface area (Å²) >= 11 is 0. The van der Waals surface area contributed by atoms with Crippen LogP contribution in [0.4, 0.5) is 5.82 Å². The summed E-state index contributed by atoms with van der Waals surface area (Å²) in [4.78, 5) is 25.6. The minimum absolute atomic E-state index is 0.0318. The monoisotopic (exact) mass is 339 g/mol. The van der Waals surface area contributed by atoms with Crippen molar-refractivity contribution in [3.8, 4) is 0 Å². The highest BCUT2D eigenvalue weighted by atomic mass is 16.2. The Hall–Kier alpha value is -2.47. The summed E-state index contributed by atoms with van der Waals surface area (Å²) in [6, 6.07) is 10.1. The van der Waals surface area contributed by atoms with E-state index >= 15 is 0 Å². The van der Waals surface area contributed by atoms with Gasteiger partial charge in [0.25, 0.3) is 5.91 Å². The van der Waals surface area contributed by atoms with Gasteiger partial charge in [0.1, 0.15) is 17.3 Å². The largest absolute Gasteiger partial charge is 0.369 e. The lowest BCUT2D eigenvalue weighted by Gasteiger charge is -2.28. The van der Waals surface area contributed by atoms with Crippen molar-refractivity contribution in [1.82, 2.24) is 19.8 Å². The van der Waals surface area contributed by atoms with Gasteiger partial charge < -0.3 is 15.1 Å². The lowest BCUT2D eigenvalue weighted by atomic mass is 10.00. The summed E-state index contributed by atoms with van der Waals surface area (Å²) in [5.74, 6) is 1.28. The average molecular weight is 339 g/mol. The van der Waals surface area contributed by atoms with Crippen molar-refractivity contribution in [2.45, 2.75) is 19.9 Å². The van der Waals surface area contributed by atoms with Gasteiger partial charge in [-0.05, 0) is 38.6 Å². The van der Waals surface area contributed by atoms with Crippen molar-refractivity contribution in [2.75, 3.05) is 39.0 Å². The highest BCUT2D eigenvalue weighted by Crippen LogP contribution is 2.20. The minimum Gasteiger partial charge on any atom is -0.369 e. The number of nitrogens with zero attached hydrogens (tertiary/aromatic N) is 4. The molecule has 0 fully saturated rings. The van der Waals surface area contributed by atoms with Crippen molar-refractivity contribution in [3.63, 3.8) is 0 Å². The second-order valence-electron chi connectivity index (χ2n) is 6.66. The molecule has 25 heavy (non-hydrogen) atoms. The van der Waals surface area contributed by atoms with E-state index < -0.39 is 0 Å². The molecule has 0 bridgehead atoms. The molecule has 1 amide bonds. The molecule has 1 aliphatic rings. The Labute approximate surface area is 148 Å². The number of carbonyl (C=O) groups is 1. The zero-order chi connectivity index (χ0) is 17.8. The SMILES string of the molecule is Cc1nc(NCCN(C)C)cc(C(=O)N2CCc3ccccc3C2)n1. The van der Waals surface area contributed by atoms with Crippen LogP contribution in [-0.4, -0.2) is 59.4 Å². The molecule has 3 rings (SSSR count). The second-order valence-corrected chi connectivity index (χ2v) is 6.66. The number of anilines is 1. The summed E-state index contributed by atoms with van der Waals surface area (Å²) in [6.07, 6.45) is 0.889. The van der Waals surface area contributed by atoms with Crippen LogP contribution >= 0.6 is 0 Å². The molecule has 1 N–H and O–H groups in total. The van der Waals surface area contributed by atoms with Gasteiger partial charge in [0.05, 0.1) is 0 Å². The van der Waals surface area contributed by atoms with Crippen LogP contribution in [0.15, 0.2) is 30.3 Å². The quantitative estimate of drug-likeness (QED) is 0.902. The molecule has 6 heteroatoms. The minimum atomic E-state index is -0.0318. The van der Waals surface area contributed by atoms with Crippen LogP contribution in [-0.2, 0) is 13.0 Å². The maximum Gasteiger partial charge on any atom is 0.272 e. The third-order valence-corrected chi connectivity index (χ3v) is 4.34. The number of carbonyl (C=O) groups excluding carboxylic acids is 1. The Bertz CT molecular complexity index is 759. The lowest BCUT2D eigenvalue weighted by molar-refractivity contribution is 0.0728. The summed E-state index contributed by atoms with van der Waals surface area (Å²) in [5.41, 5.74) is 3.01. The van der Waals surface area contributed by atoms with Gasteiger partial charge in [0, 0.05) is 32.2 Å². The van der Waals surface area contributed by atoms with E-state index in [1.807, 2.05) is 32.0 Å². The van der Waals surface area contributed by atoms with E-state index in [-0.39, 0.29) is 5.91 Å². The standard InChI is InChI=1S/C19H25N5O/c1-14-21-17(12-18(22-14)20-9-11-23(2)3)19(25)24-10-8-15-6-4-5-7-16(15)13-24/h4-7,12H,8-11,13H2,1-3H3,(H,20,21,22). The molecule has 0 saturated carbocycles. The first-order chi connectivity index (χ1) is 12.0. The van der Waals surface area contributed by atoms with Crippen LogP contribution in [0.5, 0.6) is 0 Å². The summed E-state index contributed by atoms with van der Waals surface area (Å²) in [6.45, 7) is 4.85. The van der Waals surface area contributed by atoms with E-state index in [2.05, 4.69) is 38.4 Å². The highest BCUT2D eigenvalue weighted by Gasteiger charge is 2.23. The maximum atomic E-state index is 12.9. The van der Waals surface area contributed by atoms with Gasteiger partial charge in [-0.25, -0.2) is 9.97 Å². The molecule has 2 heterocycles. The highest BCUT2D eigenvalue weighted by molar-refractivity contribution is 5.93. The molecule has 0 saturated heterocycles. The fraction of sp³-hybridized carbons (Fsp3) is 0.421. The molecule has 0 radical (unpaired) electrons. The Morgan fingerprint density at radius 2 is 2.00 bits per heavy atom. The number of fused-ring (bicyclic) bond motifs is 1. The number of nitrogens with one attached hydrogen (secondary N) is 1. The Balaban J connectivity index is 1.73. The number of aromatic nitrogens is 2. The molecule has 1 aromatic carbocycles. The maximum absolute atomic E-state index is 12.9. The van der Waals surface area contributed by atoms with Crippen LogP contribution in [0, 0.1) is 6.92 Å². The van der Waals surface area contributed by atoms with Crippen molar-refractivity contribution in [3.05, 3.63) is 53.0 Å². The molecule has 0 aliphatic carbocycles. The van der Waals surface area contributed by atoms with Crippen LogP contribution < -0.4 is 5.32 Å². The summed E-state index contributed by atoms with van der Waals surface area (Å²) < 4.78 is 0. The number of amides is 1. The fourth-order valence-electron chi connectivity index (χ4n) is 3.01. The Morgan fingerprint density at radius 3 is 2.76 bits per heavy atom. The number of hydrogen-bond acceptors (Lipinski definition) is 5. The molecule has 1 aromatic heterocycles. The predicted octanol–water partition coefficient (Wildman–Crippen LogP) is 1.96. The Morgan fingerprint density at radius 1 is 1.24 bits per heavy atom. The molecular formula is C19H25N5O. The molecule has 0 spiro atoms. The summed E-state index contributed by atoms with van der Waals surface area (Å²) in [7, 11) is 4.05. The van der Waals surface area contributed by atoms with Gasteiger partial charge in [-0.3, -0.25) is 4.79 Å². The predicted molar refractivity (Wildman–Crippen MR) is 98.7 cm³/mol. The zero-order valence-electron chi connectivity index (χ0n) is 15.1. The lowest BCUT2D eigenvalue weighted by Crippen LogP contribution is -2.36. The molecule has 2 aromatic rings. The van der Waals surface area contributed by atoms with Crippen LogP contribution in [0.3, 0.4) is 0 Å². The van der Waals surface area contributed by atoms with Crippen LogP contribution in [0.2, 0.25) is 0 Å². The number of benzene rings is 1. The second kappa shape index (κ2) is 7.61. The van der Waals surface area contributed by atoms with E-state index in [0.717, 1.165) is 26.1 Å². The van der Waals surface area contributed by atoms with Gasteiger partial charge in [-0.1, -0.05) is 24.3 Å². The van der Waals surface area contributed by atoms with E-state index in [4.69, 9.17) is 0 Å². The first-order valence-electron chi connectivity index (χ1n) is 8.63. The normalized spacial score (nSPS) is 13.7. The van der Waals surface area contributed by atoms with Crippen LogP contribution in [0.1, 0.15) is 27.4 Å². The number of aryl methyl sites for hydroxylation is 1. The first-order valence-corrected chi connectivity index (χ1v) is 8.63.